The topological polar surface area (TPSA) is 71.5 Å². The number of hydrogen-bond acceptors (Lipinski definition) is 5. The van der Waals surface area contributed by atoms with E-state index in [1.165, 1.54) is 17.9 Å². The molecule has 0 bridgehead atoms. The number of halogens is 1. The Kier molecular flexibility index (Phi) is 2.48. The average molecular weight is 265 g/mol. The number of ether oxygens (including phenoxy) is 3. The number of aromatic nitrogens is 2. The fourth-order valence-electron chi connectivity index (χ4n) is 2.03. The van der Waals surface area contributed by atoms with Crippen molar-refractivity contribution in [1.29, 1.82) is 0 Å². The first-order valence-corrected chi connectivity index (χ1v) is 5.57. The van der Waals surface area contributed by atoms with E-state index < -0.39 is 5.82 Å². The molecule has 100 valence electrons. The Labute approximate surface area is 108 Å². The van der Waals surface area contributed by atoms with Gasteiger partial charge in [0, 0.05) is 19.2 Å². The van der Waals surface area contributed by atoms with Gasteiger partial charge in [0.2, 0.25) is 6.79 Å². The zero-order valence-corrected chi connectivity index (χ0v) is 10.4. The van der Waals surface area contributed by atoms with Crippen LogP contribution in [0.3, 0.4) is 0 Å². The van der Waals surface area contributed by atoms with E-state index in [1.54, 1.807) is 13.1 Å². The number of hydrogen-bond donors (Lipinski definition) is 1. The third kappa shape index (κ3) is 1.66. The lowest BCUT2D eigenvalue weighted by atomic mass is 10.1. The number of nitrogen functional groups attached to an aromatic ring is 1. The molecule has 1 aromatic carbocycles. The number of nitrogens with zero attached hydrogens (tertiary/aromatic N) is 2. The van der Waals surface area contributed by atoms with E-state index >= 15 is 0 Å². The van der Waals surface area contributed by atoms with E-state index in [4.69, 9.17) is 19.9 Å². The highest BCUT2D eigenvalue weighted by atomic mass is 19.1. The van der Waals surface area contributed by atoms with Crippen LogP contribution in [0.2, 0.25) is 0 Å². The monoisotopic (exact) mass is 265 g/mol. The van der Waals surface area contributed by atoms with E-state index in [2.05, 4.69) is 5.10 Å². The summed E-state index contributed by atoms with van der Waals surface area (Å²) in [6.45, 7) is 0.0389. The Morgan fingerprint density at radius 3 is 2.84 bits per heavy atom. The summed E-state index contributed by atoms with van der Waals surface area (Å²) in [6.07, 6.45) is 0. The molecule has 3 rings (SSSR count). The molecule has 0 fully saturated rings. The van der Waals surface area contributed by atoms with Crippen LogP contribution in [0.25, 0.3) is 11.3 Å². The van der Waals surface area contributed by atoms with Crippen molar-refractivity contribution >= 4 is 5.82 Å². The van der Waals surface area contributed by atoms with Gasteiger partial charge in [-0.15, -0.1) is 0 Å². The molecular formula is C12H12FN3O3. The number of aryl methyl sites for hydroxylation is 1. The summed E-state index contributed by atoms with van der Waals surface area (Å²) in [6, 6.07) is 2.86. The SMILES string of the molecule is COc1c(F)cc2c(c1-c1cc(N)n(C)n1)OCO2. The van der Waals surface area contributed by atoms with Crippen molar-refractivity contribution in [2.24, 2.45) is 7.05 Å². The molecule has 0 aliphatic carbocycles. The largest absolute Gasteiger partial charge is 0.493 e. The first kappa shape index (κ1) is 11.6. The van der Waals surface area contributed by atoms with E-state index in [-0.39, 0.29) is 12.5 Å². The maximum Gasteiger partial charge on any atom is 0.231 e. The van der Waals surface area contributed by atoms with Gasteiger partial charge in [-0.05, 0) is 0 Å². The van der Waals surface area contributed by atoms with Crippen LogP contribution >= 0.6 is 0 Å². The molecule has 7 heteroatoms. The van der Waals surface area contributed by atoms with Crippen molar-refractivity contribution in [2.45, 2.75) is 0 Å². The standard InChI is InChI=1S/C12H12FN3O3/c1-16-9(14)4-7(15-16)10-11(17-2)6(13)3-8-12(10)19-5-18-8/h3-4H,5,14H2,1-2H3. The fraction of sp³-hybridized carbons (Fsp3) is 0.250. The van der Waals surface area contributed by atoms with Gasteiger partial charge in [-0.3, -0.25) is 4.68 Å². The summed E-state index contributed by atoms with van der Waals surface area (Å²) in [4.78, 5) is 0. The first-order chi connectivity index (χ1) is 9.11. The quantitative estimate of drug-likeness (QED) is 0.891. The van der Waals surface area contributed by atoms with Gasteiger partial charge in [-0.2, -0.15) is 5.10 Å². The number of rotatable bonds is 2. The van der Waals surface area contributed by atoms with Crippen LogP contribution in [-0.4, -0.2) is 23.7 Å². The Morgan fingerprint density at radius 2 is 2.21 bits per heavy atom. The van der Waals surface area contributed by atoms with Gasteiger partial charge in [-0.25, -0.2) is 4.39 Å². The minimum atomic E-state index is -0.536. The second kappa shape index (κ2) is 4.04. The van der Waals surface area contributed by atoms with Crippen molar-refractivity contribution < 1.29 is 18.6 Å². The zero-order valence-electron chi connectivity index (χ0n) is 10.4. The van der Waals surface area contributed by atoms with Crippen LogP contribution in [0, 0.1) is 5.82 Å². The zero-order chi connectivity index (χ0) is 13.6. The van der Waals surface area contributed by atoms with Gasteiger partial charge in [0.15, 0.2) is 23.1 Å². The van der Waals surface area contributed by atoms with E-state index in [0.717, 1.165) is 0 Å². The van der Waals surface area contributed by atoms with Crippen molar-refractivity contribution in [1.82, 2.24) is 9.78 Å². The average Bonchev–Trinajstić information content (AvgIpc) is 2.95. The van der Waals surface area contributed by atoms with Crippen LogP contribution in [-0.2, 0) is 7.05 Å². The summed E-state index contributed by atoms with van der Waals surface area (Å²) in [5, 5.41) is 4.22. The number of benzene rings is 1. The summed E-state index contributed by atoms with van der Waals surface area (Å²) in [5.74, 6) is 0.719. The van der Waals surface area contributed by atoms with Crippen LogP contribution in [0.4, 0.5) is 10.2 Å². The molecule has 1 aromatic heterocycles. The highest BCUT2D eigenvalue weighted by molar-refractivity contribution is 5.79. The number of nitrogens with two attached hydrogens (primary N) is 1. The van der Waals surface area contributed by atoms with E-state index in [1.807, 2.05) is 0 Å². The molecule has 0 unspecified atom stereocenters. The summed E-state index contributed by atoms with van der Waals surface area (Å²) < 4.78 is 31.1. The van der Waals surface area contributed by atoms with E-state index in [9.17, 15) is 4.39 Å². The maximum absolute atomic E-state index is 14.0. The minimum absolute atomic E-state index is 0.0389. The second-order valence-corrected chi connectivity index (χ2v) is 4.08. The Morgan fingerprint density at radius 1 is 1.42 bits per heavy atom. The predicted molar refractivity (Wildman–Crippen MR) is 65.7 cm³/mol. The second-order valence-electron chi connectivity index (χ2n) is 4.08. The van der Waals surface area contributed by atoms with Gasteiger partial charge < -0.3 is 19.9 Å². The highest BCUT2D eigenvalue weighted by Gasteiger charge is 2.28. The summed E-state index contributed by atoms with van der Waals surface area (Å²) in [7, 11) is 3.08. The van der Waals surface area contributed by atoms with Crippen LogP contribution in [0.15, 0.2) is 12.1 Å². The third-order valence-electron chi connectivity index (χ3n) is 2.95. The Bertz CT molecular complexity index is 631. The van der Waals surface area contributed by atoms with Gasteiger partial charge in [-0.1, -0.05) is 0 Å². The van der Waals surface area contributed by atoms with Crippen molar-refractivity contribution in [3.05, 3.63) is 17.9 Å². The summed E-state index contributed by atoms with van der Waals surface area (Å²) >= 11 is 0. The van der Waals surface area contributed by atoms with Gasteiger partial charge in [0.05, 0.1) is 12.7 Å². The minimum Gasteiger partial charge on any atom is -0.493 e. The lowest BCUT2D eigenvalue weighted by molar-refractivity contribution is 0.174. The third-order valence-corrected chi connectivity index (χ3v) is 2.95. The molecule has 1 aliphatic rings. The maximum atomic E-state index is 14.0. The molecule has 0 saturated heterocycles. The molecular weight excluding hydrogens is 253 g/mol. The van der Waals surface area contributed by atoms with Gasteiger partial charge >= 0.3 is 0 Å². The fourth-order valence-corrected chi connectivity index (χ4v) is 2.03. The molecule has 2 heterocycles. The lowest BCUT2D eigenvalue weighted by Crippen LogP contribution is -1.98. The van der Waals surface area contributed by atoms with Crippen molar-refractivity contribution in [3.63, 3.8) is 0 Å². The molecule has 6 nitrogen and oxygen atoms in total. The van der Waals surface area contributed by atoms with Gasteiger partial charge in [0.1, 0.15) is 11.5 Å². The number of anilines is 1. The molecule has 0 amide bonds. The van der Waals surface area contributed by atoms with Crippen molar-refractivity contribution in [3.8, 4) is 28.5 Å². The lowest BCUT2D eigenvalue weighted by Gasteiger charge is -2.10. The molecule has 19 heavy (non-hydrogen) atoms. The predicted octanol–water partition coefficient (Wildman–Crippen LogP) is 1.55. The Balaban J connectivity index is 2.29. The molecule has 0 saturated carbocycles. The molecule has 1 aliphatic heterocycles. The van der Waals surface area contributed by atoms with Crippen LogP contribution in [0.5, 0.6) is 17.2 Å². The van der Waals surface area contributed by atoms with E-state index in [0.29, 0.717) is 28.6 Å². The summed E-state index contributed by atoms with van der Waals surface area (Å²) in [5.41, 5.74) is 6.62. The number of fused-ring (bicyclic) bond motifs is 1. The highest BCUT2D eigenvalue weighted by Crippen LogP contribution is 2.48. The smallest absolute Gasteiger partial charge is 0.231 e. The Hall–Kier alpha value is -2.44. The molecule has 2 N–H and O–H groups in total. The molecule has 0 atom stereocenters. The molecule has 0 radical (unpaired) electrons. The number of methoxy groups -OCH3 is 1. The van der Waals surface area contributed by atoms with Crippen LogP contribution < -0.4 is 19.9 Å². The van der Waals surface area contributed by atoms with Crippen molar-refractivity contribution in [2.75, 3.05) is 19.6 Å². The van der Waals surface area contributed by atoms with Crippen LogP contribution in [0.1, 0.15) is 0 Å². The molecule has 0 spiro atoms. The first-order valence-electron chi connectivity index (χ1n) is 5.57. The normalized spacial score (nSPS) is 12.8. The molecule has 2 aromatic rings. The van der Waals surface area contributed by atoms with Gasteiger partial charge in [0.25, 0.3) is 0 Å².